The van der Waals surface area contributed by atoms with Gasteiger partial charge in [-0.1, -0.05) is 18.2 Å². The molecule has 0 aliphatic carbocycles. The number of carbonyl (C=O) groups is 1. The van der Waals surface area contributed by atoms with E-state index >= 15 is 0 Å². The standard InChI is InChI=1S/C26H28N4O2/c1-17-3-6-22(15-23(17)25-18(2)28-24(29-25)11-14-31)26(32)30-12-9-21(10-13-30)20-7-4-19(16-27)5-8-20/h3-8,15,21,31H,9-14H2,1-2H3,(H,28,29). The fourth-order valence-electron chi connectivity index (χ4n) is 4.45. The summed E-state index contributed by atoms with van der Waals surface area (Å²) in [6.07, 6.45) is 2.31. The largest absolute Gasteiger partial charge is 0.396 e. The van der Waals surface area contributed by atoms with Crippen LogP contribution in [0.1, 0.15) is 57.3 Å². The third-order valence-electron chi connectivity index (χ3n) is 6.32. The van der Waals surface area contributed by atoms with Gasteiger partial charge in [0.2, 0.25) is 0 Å². The topological polar surface area (TPSA) is 93.0 Å². The van der Waals surface area contributed by atoms with Crippen molar-refractivity contribution >= 4 is 5.91 Å². The van der Waals surface area contributed by atoms with Gasteiger partial charge < -0.3 is 15.0 Å². The molecule has 6 heteroatoms. The zero-order valence-electron chi connectivity index (χ0n) is 18.6. The molecule has 0 atom stereocenters. The van der Waals surface area contributed by atoms with E-state index in [-0.39, 0.29) is 12.5 Å². The number of benzene rings is 2. The molecule has 3 aromatic rings. The van der Waals surface area contributed by atoms with E-state index < -0.39 is 0 Å². The van der Waals surface area contributed by atoms with Gasteiger partial charge >= 0.3 is 0 Å². The quantitative estimate of drug-likeness (QED) is 0.639. The molecule has 0 spiro atoms. The molecule has 1 aromatic heterocycles. The lowest BCUT2D eigenvalue weighted by atomic mass is 9.88. The van der Waals surface area contributed by atoms with Crippen LogP contribution in [-0.4, -0.2) is 45.6 Å². The molecule has 1 aliphatic heterocycles. The Morgan fingerprint density at radius 2 is 1.91 bits per heavy atom. The molecule has 2 N–H and O–H groups in total. The van der Waals surface area contributed by atoms with Crippen LogP contribution in [0.3, 0.4) is 0 Å². The first-order valence-corrected chi connectivity index (χ1v) is 11.1. The number of aromatic nitrogens is 2. The highest BCUT2D eigenvalue weighted by Crippen LogP contribution is 2.30. The Hall–Kier alpha value is -3.43. The summed E-state index contributed by atoms with van der Waals surface area (Å²) >= 11 is 0. The molecule has 1 amide bonds. The lowest BCUT2D eigenvalue weighted by molar-refractivity contribution is 0.0713. The first kappa shape index (κ1) is 21.8. The predicted octanol–water partition coefficient (Wildman–Crippen LogP) is 4.12. The number of rotatable bonds is 5. The van der Waals surface area contributed by atoms with Gasteiger partial charge in [0.1, 0.15) is 5.82 Å². The maximum absolute atomic E-state index is 13.2. The van der Waals surface area contributed by atoms with Crippen molar-refractivity contribution in [3.05, 3.63) is 76.2 Å². The first-order chi connectivity index (χ1) is 15.5. The van der Waals surface area contributed by atoms with Crippen molar-refractivity contribution in [1.29, 1.82) is 5.26 Å². The Labute approximate surface area is 188 Å². The summed E-state index contributed by atoms with van der Waals surface area (Å²) < 4.78 is 0. The number of nitriles is 1. The summed E-state index contributed by atoms with van der Waals surface area (Å²) in [5.41, 5.74) is 6.36. The zero-order valence-corrected chi connectivity index (χ0v) is 18.6. The van der Waals surface area contributed by atoms with Crippen molar-refractivity contribution < 1.29 is 9.90 Å². The molecule has 6 nitrogen and oxygen atoms in total. The van der Waals surface area contributed by atoms with Crippen LogP contribution in [0.2, 0.25) is 0 Å². The Bertz CT molecular complexity index is 1150. The van der Waals surface area contributed by atoms with Crippen molar-refractivity contribution in [2.24, 2.45) is 0 Å². The number of hydrogen-bond acceptors (Lipinski definition) is 4. The van der Waals surface area contributed by atoms with Gasteiger partial charge in [0.05, 0.1) is 23.9 Å². The molecule has 0 unspecified atom stereocenters. The summed E-state index contributed by atoms with van der Waals surface area (Å²) in [7, 11) is 0. The number of nitrogens with one attached hydrogen (secondary N) is 1. The maximum atomic E-state index is 13.2. The molecule has 4 rings (SSSR count). The van der Waals surface area contributed by atoms with Crippen LogP contribution in [0, 0.1) is 25.2 Å². The van der Waals surface area contributed by atoms with Gasteiger partial charge in [-0.15, -0.1) is 0 Å². The molecular weight excluding hydrogens is 400 g/mol. The third kappa shape index (κ3) is 4.44. The number of carbonyl (C=O) groups excluding carboxylic acids is 1. The Morgan fingerprint density at radius 1 is 1.19 bits per heavy atom. The van der Waals surface area contributed by atoms with Gasteiger partial charge in [-0.2, -0.15) is 5.26 Å². The van der Waals surface area contributed by atoms with Crippen molar-refractivity contribution in [1.82, 2.24) is 14.9 Å². The number of aliphatic hydroxyl groups is 1. The van der Waals surface area contributed by atoms with E-state index in [0.717, 1.165) is 54.3 Å². The highest BCUT2D eigenvalue weighted by atomic mass is 16.3. The van der Waals surface area contributed by atoms with E-state index in [4.69, 9.17) is 5.26 Å². The van der Waals surface area contributed by atoms with Crippen LogP contribution in [0.25, 0.3) is 11.3 Å². The average molecular weight is 429 g/mol. The predicted molar refractivity (Wildman–Crippen MR) is 123 cm³/mol. The Balaban J connectivity index is 1.48. The molecule has 1 saturated heterocycles. The van der Waals surface area contributed by atoms with Crippen LogP contribution < -0.4 is 0 Å². The highest BCUT2D eigenvalue weighted by Gasteiger charge is 2.25. The van der Waals surface area contributed by atoms with E-state index in [1.807, 2.05) is 61.2 Å². The molecule has 1 aliphatic rings. The van der Waals surface area contributed by atoms with Gasteiger partial charge in [0.15, 0.2) is 0 Å². The molecule has 2 aromatic carbocycles. The second kappa shape index (κ2) is 9.37. The van der Waals surface area contributed by atoms with Gasteiger partial charge in [-0.05, 0) is 68.0 Å². The Kier molecular flexibility index (Phi) is 6.38. The van der Waals surface area contributed by atoms with Crippen molar-refractivity contribution in [3.63, 3.8) is 0 Å². The summed E-state index contributed by atoms with van der Waals surface area (Å²) in [5.74, 6) is 1.21. The van der Waals surface area contributed by atoms with E-state index in [0.29, 0.717) is 23.5 Å². The molecule has 0 radical (unpaired) electrons. The van der Waals surface area contributed by atoms with Gasteiger partial charge in [-0.3, -0.25) is 4.79 Å². The van der Waals surface area contributed by atoms with Crippen molar-refractivity contribution in [3.8, 4) is 17.3 Å². The lowest BCUT2D eigenvalue weighted by Gasteiger charge is -2.32. The second-order valence-electron chi connectivity index (χ2n) is 8.46. The lowest BCUT2D eigenvalue weighted by Crippen LogP contribution is -2.37. The van der Waals surface area contributed by atoms with Crippen LogP contribution in [0.4, 0.5) is 0 Å². The van der Waals surface area contributed by atoms with Crippen LogP contribution >= 0.6 is 0 Å². The summed E-state index contributed by atoms with van der Waals surface area (Å²) in [4.78, 5) is 23.0. The van der Waals surface area contributed by atoms with E-state index in [1.165, 1.54) is 5.56 Å². The Morgan fingerprint density at radius 3 is 2.56 bits per heavy atom. The summed E-state index contributed by atoms with van der Waals surface area (Å²) in [6, 6.07) is 15.8. The molecule has 0 bridgehead atoms. The third-order valence-corrected chi connectivity index (χ3v) is 6.32. The molecule has 1 fully saturated rings. The van der Waals surface area contributed by atoms with Crippen LogP contribution in [0.15, 0.2) is 42.5 Å². The maximum Gasteiger partial charge on any atom is 0.253 e. The van der Waals surface area contributed by atoms with Crippen LogP contribution in [0.5, 0.6) is 0 Å². The number of likely N-dealkylation sites (tertiary alicyclic amines) is 1. The highest BCUT2D eigenvalue weighted by molar-refractivity contribution is 5.95. The van der Waals surface area contributed by atoms with E-state index in [1.54, 1.807) is 0 Å². The molecule has 164 valence electrons. The minimum absolute atomic E-state index is 0.0440. The molecule has 0 saturated carbocycles. The van der Waals surface area contributed by atoms with Gasteiger partial charge in [0.25, 0.3) is 5.91 Å². The fraction of sp³-hybridized carbons (Fsp3) is 0.346. The number of hydrogen-bond donors (Lipinski definition) is 2. The normalized spacial score (nSPS) is 14.4. The monoisotopic (exact) mass is 428 g/mol. The van der Waals surface area contributed by atoms with Crippen molar-refractivity contribution in [2.75, 3.05) is 19.7 Å². The number of H-pyrrole nitrogens is 1. The molecule has 32 heavy (non-hydrogen) atoms. The van der Waals surface area contributed by atoms with E-state index in [9.17, 15) is 9.90 Å². The average Bonchev–Trinajstić information content (AvgIpc) is 3.19. The van der Waals surface area contributed by atoms with Crippen LogP contribution in [-0.2, 0) is 6.42 Å². The number of nitrogens with zero attached hydrogens (tertiary/aromatic N) is 3. The molecular formula is C26H28N4O2. The summed E-state index contributed by atoms with van der Waals surface area (Å²) in [6.45, 7) is 5.46. The number of aromatic amines is 1. The minimum atomic E-state index is 0.0440. The van der Waals surface area contributed by atoms with Gasteiger partial charge in [0, 0.05) is 36.3 Å². The minimum Gasteiger partial charge on any atom is -0.396 e. The van der Waals surface area contributed by atoms with E-state index in [2.05, 4.69) is 16.0 Å². The number of imidazole rings is 1. The number of aryl methyl sites for hydroxylation is 2. The summed E-state index contributed by atoms with van der Waals surface area (Å²) in [5, 5.41) is 18.2. The zero-order chi connectivity index (χ0) is 22.7. The van der Waals surface area contributed by atoms with Crippen molar-refractivity contribution in [2.45, 2.75) is 39.0 Å². The number of amides is 1. The van der Waals surface area contributed by atoms with Gasteiger partial charge in [-0.25, -0.2) is 4.98 Å². The first-order valence-electron chi connectivity index (χ1n) is 11.1. The number of piperidine rings is 1. The SMILES string of the molecule is Cc1ccc(C(=O)N2CCC(c3ccc(C#N)cc3)CC2)cc1-c1nc(CCO)[nH]c1C. The molecule has 2 heterocycles. The smallest absolute Gasteiger partial charge is 0.253 e. The fourth-order valence-corrected chi connectivity index (χ4v) is 4.45. The second-order valence-corrected chi connectivity index (χ2v) is 8.46. The number of aliphatic hydroxyl groups excluding tert-OH is 1.